The van der Waals surface area contributed by atoms with Crippen LogP contribution in [0.25, 0.3) is 0 Å². The fraction of sp³-hybridized carbons (Fsp3) is 0.300. The summed E-state index contributed by atoms with van der Waals surface area (Å²) in [4.78, 5) is 24.4. The van der Waals surface area contributed by atoms with Crippen molar-refractivity contribution in [3.05, 3.63) is 70.8 Å². The maximum Gasteiger partial charge on any atom is 0.416 e. The molecule has 0 unspecified atom stereocenters. The summed E-state index contributed by atoms with van der Waals surface area (Å²) in [6.45, 7) is 1.60. The molecule has 0 aromatic heterocycles. The molecule has 144 valence electrons. The van der Waals surface area contributed by atoms with Gasteiger partial charge in [0.05, 0.1) is 23.3 Å². The Kier molecular flexibility index (Phi) is 6.98. The quantitative estimate of drug-likeness (QED) is 0.500. The van der Waals surface area contributed by atoms with Gasteiger partial charge in [0.15, 0.2) is 0 Å². The lowest BCUT2D eigenvalue weighted by Crippen LogP contribution is -2.15. The fourth-order valence-electron chi connectivity index (χ4n) is 2.37. The van der Waals surface area contributed by atoms with E-state index in [9.17, 15) is 22.8 Å². The summed E-state index contributed by atoms with van der Waals surface area (Å²) < 4.78 is 49.1. The van der Waals surface area contributed by atoms with Crippen LogP contribution in [0, 0.1) is 0 Å². The molecule has 0 heterocycles. The standard InChI is InChI=1S/C20H19F3O4/c1-2-3-12-26-18(24)15-9-5-6-10-16(15)19(25)27-13-14-8-4-7-11-17(14)20(21,22)23/h4-11H,2-3,12-13H2,1H3. The molecule has 4 nitrogen and oxygen atoms in total. The van der Waals surface area contributed by atoms with Gasteiger partial charge in [-0.1, -0.05) is 43.7 Å². The lowest BCUT2D eigenvalue weighted by molar-refractivity contribution is -0.138. The molecule has 0 aliphatic rings. The Morgan fingerprint density at radius 2 is 1.44 bits per heavy atom. The number of hydrogen-bond donors (Lipinski definition) is 0. The van der Waals surface area contributed by atoms with Gasteiger partial charge in [-0.3, -0.25) is 0 Å². The van der Waals surface area contributed by atoms with Gasteiger partial charge in [0.25, 0.3) is 0 Å². The number of esters is 2. The SMILES string of the molecule is CCCCOC(=O)c1ccccc1C(=O)OCc1ccccc1C(F)(F)F. The van der Waals surface area contributed by atoms with Crippen molar-refractivity contribution < 1.29 is 32.2 Å². The van der Waals surface area contributed by atoms with E-state index in [1.165, 1.54) is 36.4 Å². The molecule has 0 saturated carbocycles. The van der Waals surface area contributed by atoms with Gasteiger partial charge < -0.3 is 9.47 Å². The molecule has 0 aliphatic heterocycles. The van der Waals surface area contributed by atoms with E-state index < -0.39 is 30.3 Å². The first kappa shape index (κ1) is 20.5. The third kappa shape index (κ3) is 5.57. The van der Waals surface area contributed by atoms with Crippen molar-refractivity contribution in [2.75, 3.05) is 6.61 Å². The molecule has 0 fully saturated rings. The van der Waals surface area contributed by atoms with E-state index >= 15 is 0 Å². The highest BCUT2D eigenvalue weighted by molar-refractivity contribution is 6.03. The second kappa shape index (κ2) is 9.21. The second-order valence-corrected chi connectivity index (χ2v) is 5.77. The van der Waals surface area contributed by atoms with Crippen molar-refractivity contribution in [1.82, 2.24) is 0 Å². The molecule has 2 aromatic carbocycles. The highest BCUT2D eigenvalue weighted by atomic mass is 19.4. The molecule has 0 amide bonds. The Morgan fingerprint density at radius 3 is 2.04 bits per heavy atom. The summed E-state index contributed by atoms with van der Waals surface area (Å²) in [5, 5.41) is 0. The van der Waals surface area contributed by atoms with Gasteiger partial charge in [-0.05, 0) is 24.6 Å². The molecule has 0 spiro atoms. The van der Waals surface area contributed by atoms with Crippen LogP contribution in [-0.4, -0.2) is 18.5 Å². The normalized spacial score (nSPS) is 11.1. The van der Waals surface area contributed by atoms with Crippen molar-refractivity contribution in [3.63, 3.8) is 0 Å². The summed E-state index contributed by atoms with van der Waals surface area (Å²) in [6, 6.07) is 10.7. The average Bonchev–Trinajstić information content (AvgIpc) is 2.65. The Bertz CT molecular complexity index is 800. The van der Waals surface area contributed by atoms with Crippen LogP contribution >= 0.6 is 0 Å². The molecular formula is C20H19F3O4. The fourth-order valence-corrected chi connectivity index (χ4v) is 2.37. The number of rotatable bonds is 7. The second-order valence-electron chi connectivity index (χ2n) is 5.77. The predicted octanol–water partition coefficient (Wildman–Crippen LogP) is 5.02. The number of carbonyl (C=O) groups excluding carboxylic acids is 2. The third-order valence-corrected chi connectivity index (χ3v) is 3.78. The third-order valence-electron chi connectivity index (χ3n) is 3.78. The van der Waals surface area contributed by atoms with E-state index in [1.54, 1.807) is 6.07 Å². The zero-order chi connectivity index (χ0) is 19.9. The van der Waals surface area contributed by atoms with Crippen LogP contribution in [0.15, 0.2) is 48.5 Å². The van der Waals surface area contributed by atoms with E-state index in [0.29, 0.717) is 6.42 Å². The van der Waals surface area contributed by atoms with Gasteiger partial charge in [-0.15, -0.1) is 0 Å². The van der Waals surface area contributed by atoms with Crippen LogP contribution in [0.5, 0.6) is 0 Å². The predicted molar refractivity (Wildman–Crippen MR) is 92.2 cm³/mol. The number of halogens is 3. The lowest BCUT2D eigenvalue weighted by Gasteiger charge is -2.13. The van der Waals surface area contributed by atoms with Crippen molar-refractivity contribution in [3.8, 4) is 0 Å². The molecule has 0 atom stereocenters. The summed E-state index contributed by atoms with van der Waals surface area (Å²) in [5.74, 6) is -1.57. The number of alkyl halides is 3. The average molecular weight is 380 g/mol. The first-order valence-corrected chi connectivity index (χ1v) is 8.43. The van der Waals surface area contributed by atoms with Crippen LogP contribution in [0.3, 0.4) is 0 Å². The monoisotopic (exact) mass is 380 g/mol. The first-order chi connectivity index (χ1) is 12.8. The van der Waals surface area contributed by atoms with Crippen molar-refractivity contribution in [1.29, 1.82) is 0 Å². The topological polar surface area (TPSA) is 52.6 Å². The first-order valence-electron chi connectivity index (χ1n) is 8.43. The van der Waals surface area contributed by atoms with Gasteiger partial charge >= 0.3 is 18.1 Å². The molecule has 27 heavy (non-hydrogen) atoms. The number of carbonyl (C=O) groups is 2. The van der Waals surface area contributed by atoms with Crippen LogP contribution in [0.1, 0.15) is 51.6 Å². The number of ether oxygens (including phenoxy) is 2. The van der Waals surface area contributed by atoms with Crippen LogP contribution < -0.4 is 0 Å². The van der Waals surface area contributed by atoms with Gasteiger partial charge in [0.2, 0.25) is 0 Å². The van der Waals surface area contributed by atoms with E-state index in [1.807, 2.05) is 6.92 Å². The summed E-state index contributed by atoms with van der Waals surface area (Å²) in [7, 11) is 0. The molecule has 2 rings (SSSR count). The summed E-state index contributed by atoms with van der Waals surface area (Å²) in [6.07, 6.45) is -3.02. The van der Waals surface area contributed by atoms with E-state index in [2.05, 4.69) is 0 Å². The number of hydrogen-bond acceptors (Lipinski definition) is 4. The zero-order valence-corrected chi connectivity index (χ0v) is 14.7. The molecule has 0 saturated heterocycles. The lowest BCUT2D eigenvalue weighted by atomic mass is 10.1. The Labute approximate surface area is 154 Å². The van der Waals surface area contributed by atoms with Crippen molar-refractivity contribution in [2.45, 2.75) is 32.5 Å². The smallest absolute Gasteiger partial charge is 0.416 e. The number of unbranched alkanes of at least 4 members (excludes halogenated alkanes) is 1. The Balaban J connectivity index is 2.13. The Morgan fingerprint density at radius 1 is 0.889 bits per heavy atom. The van der Waals surface area contributed by atoms with Crippen LogP contribution in [-0.2, 0) is 22.3 Å². The molecule has 0 bridgehead atoms. The molecule has 0 aliphatic carbocycles. The highest BCUT2D eigenvalue weighted by Gasteiger charge is 2.33. The molecule has 0 radical (unpaired) electrons. The van der Waals surface area contributed by atoms with Gasteiger partial charge in [0, 0.05) is 5.56 Å². The molecule has 2 aromatic rings. The Hall–Kier alpha value is -2.83. The minimum Gasteiger partial charge on any atom is -0.462 e. The largest absolute Gasteiger partial charge is 0.462 e. The van der Waals surface area contributed by atoms with Gasteiger partial charge in [0.1, 0.15) is 6.61 Å². The zero-order valence-electron chi connectivity index (χ0n) is 14.7. The highest BCUT2D eigenvalue weighted by Crippen LogP contribution is 2.32. The molecular weight excluding hydrogens is 361 g/mol. The summed E-state index contributed by atoms with van der Waals surface area (Å²) >= 11 is 0. The minimum atomic E-state index is -4.55. The van der Waals surface area contributed by atoms with Gasteiger partial charge in [-0.25, -0.2) is 9.59 Å². The number of benzene rings is 2. The maximum absolute atomic E-state index is 13.0. The van der Waals surface area contributed by atoms with Crippen LogP contribution in [0.4, 0.5) is 13.2 Å². The van der Waals surface area contributed by atoms with E-state index in [0.717, 1.165) is 12.5 Å². The van der Waals surface area contributed by atoms with E-state index in [-0.39, 0.29) is 23.3 Å². The van der Waals surface area contributed by atoms with Gasteiger partial charge in [-0.2, -0.15) is 13.2 Å². The van der Waals surface area contributed by atoms with Crippen molar-refractivity contribution in [2.24, 2.45) is 0 Å². The maximum atomic E-state index is 13.0. The van der Waals surface area contributed by atoms with E-state index in [4.69, 9.17) is 9.47 Å². The molecule has 7 heteroatoms. The summed E-state index contributed by atoms with van der Waals surface area (Å²) in [5.41, 5.74) is -1.07. The minimum absolute atomic E-state index is 0.0164. The van der Waals surface area contributed by atoms with Crippen LogP contribution in [0.2, 0.25) is 0 Å². The van der Waals surface area contributed by atoms with Crippen molar-refractivity contribution >= 4 is 11.9 Å². The molecule has 0 N–H and O–H groups in total.